The summed E-state index contributed by atoms with van der Waals surface area (Å²) in [4.78, 5) is 27.2. The fourth-order valence-electron chi connectivity index (χ4n) is 4.45. The molecule has 4 rings (SSSR count). The fourth-order valence-corrected chi connectivity index (χ4v) is 4.45. The highest BCUT2D eigenvalue weighted by Gasteiger charge is 2.35. The van der Waals surface area contributed by atoms with Gasteiger partial charge in [0.15, 0.2) is 11.5 Å². The first-order valence-corrected chi connectivity index (χ1v) is 10.7. The number of esters is 1. The van der Waals surface area contributed by atoms with Crippen LogP contribution < -0.4 is 20.1 Å². The maximum absolute atomic E-state index is 12.6. The van der Waals surface area contributed by atoms with Crippen LogP contribution in [0.4, 0.5) is 4.79 Å². The zero-order chi connectivity index (χ0) is 21.1. The van der Waals surface area contributed by atoms with E-state index in [2.05, 4.69) is 21.6 Å². The third kappa shape index (κ3) is 4.09. The number of amides is 2. The van der Waals surface area contributed by atoms with E-state index >= 15 is 0 Å². The van der Waals surface area contributed by atoms with Gasteiger partial charge in [-0.1, -0.05) is 13.0 Å². The molecule has 8 nitrogen and oxygen atoms in total. The Balaban J connectivity index is 1.60. The number of carbonyl (C=O) groups excluding carboxylic acids is 2. The number of nitrogens with one attached hydrogen (secondary N) is 2. The van der Waals surface area contributed by atoms with Gasteiger partial charge in [0.25, 0.3) is 0 Å². The SMILES string of the molecule is CCOC(=O)C1=C(CN2CCC[C@H]2c2ccc3c(c2)OCCO3)NC(=O)N[C@@H]1CC. The highest BCUT2D eigenvalue weighted by Crippen LogP contribution is 2.38. The van der Waals surface area contributed by atoms with E-state index in [0.717, 1.165) is 36.4 Å². The number of ether oxygens (including phenoxy) is 3. The lowest BCUT2D eigenvalue weighted by atomic mass is 9.99. The van der Waals surface area contributed by atoms with Gasteiger partial charge in [-0.2, -0.15) is 0 Å². The van der Waals surface area contributed by atoms with Gasteiger partial charge >= 0.3 is 12.0 Å². The lowest BCUT2D eigenvalue weighted by Crippen LogP contribution is -2.52. The van der Waals surface area contributed by atoms with Gasteiger partial charge in [-0.05, 0) is 50.4 Å². The Bertz CT molecular complexity index is 853. The second kappa shape index (κ2) is 8.95. The van der Waals surface area contributed by atoms with Gasteiger partial charge in [-0.15, -0.1) is 0 Å². The summed E-state index contributed by atoms with van der Waals surface area (Å²) in [6.07, 6.45) is 2.67. The van der Waals surface area contributed by atoms with E-state index in [1.807, 2.05) is 19.1 Å². The van der Waals surface area contributed by atoms with Gasteiger partial charge in [0.1, 0.15) is 13.2 Å². The Kier molecular flexibility index (Phi) is 6.13. The largest absolute Gasteiger partial charge is 0.486 e. The molecule has 0 aromatic heterocycles. The van der Waals surface area contributed by atoms with Crippen LogP contribution >= 0.6 is 0 Å². The van der Waals surface area contributed by atoms with Crippen molar-refractivity contribution in [2.75, 3.05) is 32.9 Å². The van der Waals surface area contributed by atoms with Gasteiger partial charge in [0, 0.05) is 18.3 Å². The number of rotatable bonds is 6. The van der Waals surface area contributed by atoms with Crippen LogP contribution in [0.5, 0.6) is 11.5 Å². The van der Waals surface area contributed by atoms with Crippen LogP contribution in [0.3, 0.4) is 0 Å². The number of nitrogens with zero attached hydrogens (tertiary/aromatic N) is 1. The first kappa shape index (κ1) is 20.5. The van der Waals surface area contributed by atoms with Crippen molar-refractivity contribution in [2.45, 2.75) is 45.2 Å². The van der Waals surface area contributed by atoms with E-state index < -0.39 is 0 Å². The average Bonchev–Trinajstić information content (AvgIpc) is 3.21. The van der Waals surface area contributed by atoms with Crippen molar-refractivity contribution in [2.24, 2.45) is 0 Å². The van der Waals surface area contributed by atoms with Crippen LogP contribution in [0.15, 0.2) is 29.5 Å². The minimum absolute atomic E-state index is 0.184. The molecule has 0 radical (unpaired) electrons. The lowest BCUT2D eigenvalue weighted by molar-refractivity contribution is -0.139. The molecule has 2 N–H and O–H groups in total. The predicted molar refractivity (Wildman–Crippen MR) is 110 cm³/mol. The summed E-state index contributed by atoms with van der Waals surface area (Å²) in [5.74, 6) is 1.18. The molecule has 2 atom stereocenters. The summed E-state index contributed by atoms with van der Waals surface area (Å²) in [6, 6.07) is 5.65. The number of benzene rings is 1. The van der Waals surface area contributed by atoms with Crippen molar-refractivity contribution in [1.82, 2.24) is 15.5 Å². The summed E-state index contributed by atoms with van der Waals surface area (Å²) < 4.78 is 16.7. The molecule has 0 saturated carbocycles. The summed E-state index contributed by atoms with van der Waals surface area (Å²) >= 11 is 0. The Labute approximate surface area is 176 Å². The van der Waals surface area contributed by atoms with Crippen LogP contribution in [0, 0.1) is 0 Å². The predicted octanol–water partition coefficient (Wildman–Crippen LogP) is 2.50. The average molecular weight is 415 g/mol. The minimum atomic E-state index is -0.373. The number of carbonyl (C=O) groups is 2. The normalized spacial score (nSPS) is 23.7. The van der Waals surface area contributed by atoms with E-state index in [0.29, 0.717) is 44.1 Å². The maximum atomic E-state index is 12.6. The smallest absolute Gasteiger partial charge is 0.337 e. The van der Waals surface area contributed by atoms with Gasteiger partial charge in [0.2, 0.25) is 0 Å². The fraction of sp³-hybridized carbons (Fsp3) is 0.545. The molecule has 30 heavy (non-hydrogen) atoms. The molecule has 0 bridgehead atoms. The molecular formula is C22H29N3O5. The first-order valence-electron chi connectivity index (χ1n) is 10.7. The summed E-state index contributed by atoms with van der Waals surface area (Å²) in [5.41, 5.74) is 2.31. The van der Waals surface area contributed by atoms with Crippen LogP contribution in [0.2, 0.25) is 0 Å². The molecule has 162 valence electrons. The molecule has 1 aromatic rings. The summed E-state index contributed by atoms with van der Waals surface area (Å²) in [6.45, 7) is 6.52. The number of urea groups is 1. The molecule has 3 aliphatic rings. The van der Waals surface area contributed by atoms with Crippen LogP contribution in [0.25, 0.3) is 0 Å². The van der Waals surface area contributed by atoms with Crippen molar-refractivity contribution >= 4 is 12.0 Å². The van der Waals surface area contributed by atoms with E-state index in [1.165, 1.54) is 0 Å². The van der Waals surface area contributed by atoms with Crippen molar-refractivity contribution in [3.8, 4) is 11.5 Å². The van der Waals surface area contributed by atoms with E-state index in [-0.39, 0.29) is 24.1 Å². The molecule has 1 saturated heterocycles. The zero-order valence-electron chi connectivity index (χ0n) is 17.5. The minimum Gasteiger partial charge on any atom is -0.486 e. The third-order valence-electron chi connectivity index (χ3n) is 5.82. The topological polar surface area (TPSA) is 89.1 Å². The van der Waals surface area contributed by atoms with Gasteiger partial charge < -0.3 is 24.8 Å². The number of hydrogen-bond acceptors (Lipinski definition) is 6. The number of likely N-dealkylation sites (tertiary alicyclic amines) is 1. The summed E-state index contributed by atoms with van der Waals surface area (Å²) in [7, 11) is 0. The van der Waals surface area contributed by atoms with Crippen molar-refractivity contribution in [3.05, 3.63) is 35.0 Å². The Morgan fingerprint density at radius 3 is 2.80 bits per heavy atom. The number of fused-ring (bicyclic) bond motifs is 1. The van der Waals surface area contributed by atoms with Crippen molar-refractivity contribution in [1.29, 1.82) is 0 Å². The van der Waals surface area contributed by atoms with Crippen LogP contribution in [0.1, 0.15) is 44.7 Å². The molecule has 1 aromatic carbocycles. The molecular weight excluding hydrogens is 386 g/mol. The van der Waals surface area contributed by atoms with E-state index in [4.69, 9.17) is 14.2 Å². The highest BCUT2D eigenvalue weighted by atomic mass is 16.6. The standard InChI is InChI=1S/C22H29N3O5/c1-3-15-20(21(26)28-4-2)16(24-22(27)23-15)13-25-9-5-6-17(25)14-7-8-18-19(12-14)30-11-10-29-18/h7-8,12,15,17H,3-6,9-11,13H2,1-2H3,(H2,23,24,27)/t15-,17+/m1/s1. The third-order valence-corrected chi connectivity index (χ3v) is 5.82. The van der Waals surface area contributed by atoms with Gasteiger partial charge in [0.05, 0.1) is 18.2 Å². The molecule has 3 aliphatic heterocycles. The zero-order valence-corrected chi connectivity index (χ0v) is 17.5. The summed E-state index contributed by atoms with van der Waals surface area (Å²) in [5, 5.41) is 5.69. The van der Waals surface area contributed by atoms with Crippen molar-refractivity contribution in [3.63, 3.8) is 0 Å². The van der Waals surface area contributed by atoms with E-state index in [9.17, 15) is 9.59 Å². The van der Waals surface area contributed by atoms with Crippen molar-refractivity contribution < 1.29 is 23.8 Å². The molecule has 1 fully saturated rings. The molecule has 0 unspecified atom stereocenters. The number of hydrogen-bond donors (Lipinski definition) is 2. The van der Waals surface area contributed by atoms with Crippen LogP contribution in [-0.4, -0.2) is 55.9 Å². The van der Waals surface area contributed by atoms with Gasteiger partial charge in [-0.25, -0.2) is 9.59 Å². The Hall–Kier alpha value is -2.74. The van der Waals surface area contributed by atoms with Crippen LogP contribution in [-0.2, 0) is 9.53 Å². The van der Waals surface area contributed by atoms with E-state index in [1.54, 1.807) is 6.92 Å². The van der Waals surface area contributed by atoms with Gasteiger partial charge in [-0.3, -0.25) is 4.90 Å². The second-order valence-corrected chi connectivity index (χ2v) is 7.70. The highest BCUT2D eigenvalue weighted by molar-refractivity contribution is 5.94. The second-order valence-electron chi connectivity index (χ2n) is 7.70. The Morgan fingerprint density at radius 2 is 2.03 bits per heavy atom. The quantitative estimate of drug-likeness (QED) is 0.694. The molecule has 0 spiro atoms. The maximum Gasteiger partial charge on any atom is 0.337 e. The molecule has 3 heterocycles. The molecule has 0 aliphatic carbocycles. The Morgan fingerprint density at radius 1 is 1.23 bits per heavy atom. The molecule has 2 amide bonds. The molecule has 8 heteroatoms. The lowest BCUT2D eigenvalue weighted by Gasteiger charge is -2.32. The first-order chi connectivity index (χ1) is 14.6. The monoisotopic (exact) mass is 415 g/mol.